The lowest BCUT2D eigenvalue weighted by molar-refractivity contribution is 0.507. The van der Waals surface area contributed by atoms with E-state index in [1.807, 2.05) is 0 Å². The van der Waals surface area contributed by atoms with Gasteiger partial charge in [0, 0.05) is 25.5 Å². The van der Waals surface area contributed by atoms with E-state index in [2.05, 4.69) is 31.1 Å². The smallest absolute Gasteiger partial charge is 0.293 e. The second-order valence-electron chi connectivity index (χ2n) is 6.29. The van der Waals surface area contributed by atoms with Gasteiger partial charge < -0.3 is 9.88 Å². The number of nitrogens with zero attached hydrogens (tertiary/aromatic N) is 2. The summed E-state index contributed by atoms with van der Waals surface area (Å²) in [6.07, 6.45) is 7.32. The third-order valence-electron chi connectivity index (χ3n) is 3.84. The van der Waals surface area contributed by atoms with E-state index < -0.39 is 0 Å². The lowest BCUT2D eigenvalue weighted by atomic mass is 10.1. The minimum atomic E-state index is 0.00208. The fraction of sp³-hybridized carbons (Fsp3) is 0.733. The molecule has 1 fully saturated rings. The van der Waals surface area contributed by atoms with Crippen LogP contribution in [0, 0.1) is 17.8 Å². The van der Waals surface area contributed by atoms with Gasteiger partial charge in [-0.05, 0) is 30.6 Å². The van der Waals surface area contributed by atoms with Crippen molar-refractivity contribution in [1.82, 2.24) is 9.55 Å². The van der Waals surface area contributed by atoms with Crippen LogP contribution in [0.15, 0.2) is 17.2 Å². The van der Waals surface area contributed by atoms with Crippen LogP contribution in [0.5, 0.6) is 0 Å². The van der Waals surface area contributed by atoms with Crippen LogP contribution in [-0.2, 0) is 6.54 Å². The van der Waals surface area contributed by atoms with Crippen molar-refractivity contribution in [1.29, 1.82) is 0 Å². The average molecular weight is 263 g/mol. The van der Waals surface area contributed by atoms with Crippen molar-refractivity contribution in [2.45, 2.75) is 46.6 Å². The van der Waals surface area contributed by atoms with Gasteiger partial charge in [-0.15, -0.1) is 0 Å². The third-order valence-corrected chi connectivity index (χ3v) is 3.84. The maximum absolute atomic E-state index is 12.2. The van der Waals surface area contributed by atoms with Crippen LogP contribution < -0.4 is 10.9 Å². The Kier molecular flexibility index (Phi) is 4.61. The molecule has 0 radical (unpaired) electrons. The fourth-order valence-electron chi connectivity index (χ4n) is 2.86. The predicted octanol–water partition coefficient (Wildman–Crippen LogP) is 2.75. The Morgan fingerprint density at radius 1 is 1.47 bits per heavy atom. The van der Waals surface area contributed by atoms with E-state index in [1.54, 1.807) is 17.0 Å². The Morgan fingerprint density at radius 3 is 2.89 bits per heavy atom. The molecule has 1 aromatic rings. The van der Waals surface area contributed by atoms with Gasteiger partial charge in [0.2, 0.25) is 0 Å². The molecule has 1 aliphatic carbocycles. The van der Waals surface area contributed by atoms with Crippen molar-refractivity contribution in [2.75, 3.05) is 11.9 Å². The van der Waals surface area contributed by atoms with Crippen LogP contribution in [0.1, 0.15) is 40.0 Å². The Bertz CT molecular complexity index is 467. The Balaban J connectivity index is 1.98. The molecule has 1 aliphatic rings. The first-order chi connectivity index (χ1) is 9.06. The summed E-state index contributed by atoms with van der Waals surface area (Å²) in [5, 5.41) is 3.24. The van der Waals surface area contributed by atoms with Crippen molar-refractivity contribution in [2.24, 2.45) is 17.8 Å². The van der Waals surface area contributed by atoms with Gasteiger partial charge in [0.25, 0.3) is 5.56 Å². The number of anilines is 1. The molecule has 2 unspecified atom stereocenters. The zero-order valence-electron chi connectivity index (χ0n) is 12.2. The maximum atomic E-state index is 12.2. The van der Waals surface area contributed by atoms with Crippen molar-refractivity contribution < 1.29 is 0 Å². The molecule has 2 rings (SSSR count). The van der Waals surface area contributed by atoms with Gasteiger partial charge in [-0.1, -0.05) is 27.2 Å². The van der Waals surface area contributed by atoms with Gasteiger partial charge in [-0.2, -0.15) is 0 Å². The van der Waals surface area contributed by atoms with E-state index >= 15 is 0 Å². The molecular formula is C15H25N3O. The number of aromatic nitrogens is 2. The van der Waals surface area contributed by atoms with E-state index in [1.165, 1.54) is 19.3 Å². The molecule has 1 saturated carbocycles. The molecule has 0 saturated heterocycles. The highest BCUT2D eigenvalue weighted by Gasteiger charge is 2.21. The van der Waals surface area contributed by atoms with Crippen molar-refractivity contribution in [3.05, 3.63) is 22.7 Å². The minimum Gasteiger partial charge on any atom is -0.365 e. The number of nitrogens with one attached hydrogen (secondary N) is 1. The maximum Gasteiger partial charge on any atom is 0.293 e. The second-order valence-corrected chi connectivity index (χ2v) is 6.29. The fourth-order valence-corrected chi connectivity index (χ4v) is 2.86. The largest absolute Gasteiger partial charge is 0.365 e. The normalized spacial score (nSPS) is 22.9. The van der Waals surface area contributed by atoms with E-state index in [0.717, 1.165) is 19.0 Å². The molecule has 0 bridgehead atoms. The zero-order chi connectivity index (χ0) is 13.8. The summed E-state index contributed by atoms with van der Waals surface area (Å²) in [6, 6.07) is 0. The number of hydrogen-bond acceptors (Lipinski definition) is 3. The first-order valence-electron chi connectivity index (χ1n) is 7.35. The van der Waals surface area contributed by atoms with Gasteiger partial charge >= 0.3 is 0 Å². The van der Waals surface area contributed by atoms with Crippen molar-refractivity contribution >= 4 is 5.82 Å². The quantitative estimate of drug-likeness (QED) is 0.888. The van der Waals surface area contributed by atoms with Crippen LogP contribution in [-0.4, -0.2) is 16.1 Å². The summed E-state index contributed by atoms with van der Waals surface area (Å²) in [7, 11) is 0. The van der Waals surface area contributed by atoms with Crippen LogP contribution in [0.3, 0.4) is 0 Å². The van der Waals surface area contributed by atoms with Crippen molar-refractivity contribution in [3.63, 3.8) is 0 Å². The molecule has 1 aromatic heterocycles. The van der Waals surface area contributed by atoms with Gasteiger partial charge in [0.05, 0.1) is 0 Å². The summed E-state index contributed by atoms with van der Waals surface area (Å²) < 4.78 is 1.75. The molecule has 1 heterocycles. The summed E-state index contributed by atoms with van der Waals surface area (Å²) in [6.45, 7) is 8.14. The highest BCUT2D eigenvalue weighted by atomic mass is 16.1. The molecule has 1 N–H and O–H groups in total. The third kappa shape index (κ3) is 3.82. The average Bonchev–Trinajstić information content (AvgIpc) is 2.76. The lowest BCUT2D eigenvalue weighted by Gasteiger charge is -2.13. The first kappa shape index (κ1) is 14.1. The summed E-state index contributed by atoms with van der Waals surface area (Å²) >= 11 is 0. The Morgan fingerprint density at radius 2 is 2.26 bits per heavy atom. The van der Waals surface area contributed by atoms with Gasteiger partial charge in [0.1, 0.15) is 0 Å². The SMILES string of the molecule is CC(C)Cn1ccnc(NCC2CCC(C)C2)c1=O. The molecular weight excluding hydrogens is 238 g/mol. The van der Waals surface area contributed by atoms with Gasteiger partial charge in [-0.25, -0.2) is 4.98 Å². The van der Waals surface area contributed by atoms with E-state index in [-0.39, 0.29) is 5.56 Å². The molecule has 2 atom stereocenters. The molecule has 19 heavy (non-hydrogen) atoms. The highest BCUT2D eigenvalue weighted by molar-refractivity contribution is 5.30. The predicted molar refractivity (Wildman–Crippen MR) is 78.3 cm³/mol. The molecule has 0 aliphatic heterocycles. The van der Waals surface area contributed by atoms with E-state index in [9.17, 15) is 4.79 Å². The van der Waals surface area contributed by atoms with Crippen molar-refractivity contribution in [3.8, 4) is 0 Å². The van der Waals surface area contributed by atoms with E-state index in [4.69, 9.17) is 0 Å². The van der Waals surface area contributed by atoms with Gasteiger partial charge in [0.15, 0.2) is 5.82 Å². The molecule has 4 heteroatoms. The number of hydrogen-bond donors (Lipinski definition) is 1. The monoisotopic (exact) mass is 263 g/mol. The summed E-state index contributed by atoms with van der Waals surface area (Å²) in [5.41, 5.74) is 0.00208. The van der Waals surface area contributed by atoms with Crippen LogP contribution >= 0.6 is 0 Å². The minimum absolute atomic E-state index is 0.00208. The molecule has 0 amide bonds. The topological polar surface area (TPSA) is 46.9 Å². The summed E-state index contributed by atoms with van der Waals surface area (Å²) in [4.78, 5) is 16.4. The molecule has 0 spiro atoms. The zero-order valence-corrected chi connectivity index (χ0v) is 12.2. The summed E-state index contributed by atoms with van der Waals surface area (Å²) in [5.74, 6) is 2.48. The lowest BCUT2D eigenvalue weighted by Crippen LogP contribution is -2.27. The van der Waals surface area contributed by atoms with Crippen LogP contribution in [0.4, 0.5) is 5.82 Å². The van der Waals surface area contributed by atoms with E-state index in [0.29, 0.717) is 17.7 Å². The first-order valence-corrected chi connectivity index (χ1v) is 7.35. The Labute approximate surface area is 115 Å². The van der Waals surface area contributed by atoms with Crippen LogP contribution in [0.25, 0.3) is 0 Å². The number of rotatable bonds is 5. The molecule has 0 aromatic carbocycles. The molecule has 4 nitrogen and oxygen atoms in total. The highest BCUT2D eigenvalue weighted by Crippen LogP contribution is 2.29. The standard InChI is InChI=1S/C15H25N3O/c1-11(2)10-18-7-6-16-14(15(18)19)17-9-13-5-4-12(3)8-13/h6-7,11-13H,4-5,8-10H2,1-3H3,(H,16,17). The Hall–Kier alpha value is -1.32. The second kappa shape index (κ2) is 6.22. The molecule has 106 valence electrons. The van der Waals surface area contributed by atoms with Gasteiger partial charge in [-0.3, -0.25) is 4.79 Å². The van der Waals surface area contributed by atoms with Crippen LogP contribution in [0.2, 0.25) is 0 Å².